The highest BCUT2D eigenvalue weighted by atomic mass is 79.9. The smallest absolute Gasteiger partial charge is 0.269 e. The number of aromatic nitrogens is 1. The summed E-state index contributed by atoms with van der Waals surface area (Å²) in [6.07, 6.45) is 1.44. The minimum absolute atomic E-state index is 0.118. The number of anilines is 1. The van der Waals surface area contributed by atoms with Crippen molar-refractivity contribution in [3.05, 3.63) is 68.1 Å². The van der Waals surface area contributed by atoms with Gasteiger partial charge in [-0.3, -0.25) is 0 Å². The second-order valence-corrected chi connectivity index (χ2v) is 10.6. The van der Waals surface area contributed by atoms with E-state index in [1.54, 1.807) is 25.1 Å². The number of benzene rings is 2. The van der Waals surface area contributed by atoms with Crippen molar-refractivity contribution < 1.29 is 21.9 Å². The first-order valence-corrected chi connectivity index (χ1v) is 11.5. The fourth-order valence-electron chi connectivity index (χ4n) is 2.56. The third kappa shape index (κ3) is 4.55. The molecule has 29 heavy (non-hydrogen) atoms. The fraction of sp³-hybridized carbons (Fsp3) is 0.167. The highest BCUT2D eigenvalue weighted by Gasteiger charge is 2.31. The van der Waals surface area contributed by atoms with Gasteiger partial charge in [-0.25, -0.2) is 26.5 Å². The summed E-state index contributed by atoms with van der Waals surface area (Å²) in [4.78, 5) is 3.37. The molecule has 0 unspecified atom stereocenters. The van der Waals surface area contributed by atoms with E-state index >= 15 is 0 Å². The maximum Gasteiger partial charge on any atom is 0.269 e. The van der Waals surface area contributed by atoms with Crippen LogP contribution in [0.4, 0.5) is 13.9 Å². The van der Waals surface area contributed by atoms with Crippen LogP contribution < -0.4 is 9.04 Å². The van der Waals surface area contributed by atoms with Crippen LogP contribution in [0.1, 0.15) is 11.1 Å². The molecule has 0 amide bonds. The van der Waals surface area contributed by atoms with Gasteiger partial charge in [0.2, 0.25) is 5.13 Å². The molecule has 0 atom stereocenters. The Kier molecular flexibility index (Phi) is 6.47. The van der Waals surface area contributed by atoms with E-state index in [-0.39, 0.29) is 11.7 Å². The Hall–Kier alpha value is -1.75. The molecular formula is C18H14BrClF2N2O3S2. The molecule has 0 aliphatic rings. The molecule has 0 spiro atoms. The van der Waals surface area contributed by atoms with E-state index in [9.17, 15) is 17.2 Å². The number of methoxy groups -OCH3 is 1. The van der Waals surface area contributed by atoms with Crippen molar-refractivity contribution in [2.45, 2.75) is 18.4 Å². The largest absolute Gasteiger partial charge is 0.497 e. The van der Waals surface area contributed by atoms with Crippen LogP contribution in [-0.4, -0.2) is 20.5 Å². The molecule has 0 N–H and O–H groups in total. The Morgan fingerprint density at radius 3 is 2.55 bits per heavy atom. The first-order chi connectivity index (χ1) is 13.6. The summed E-state index contributed by atoms with van der Waals surface area (Å²) in [6.45, 7) is 1.68. The van der Waals surface area contributed by atoms with Crippen LogP contribution in [0.5, 0.6) is 5.75 Å². The van der Waals surface area contributed by atoms with Crippen molar-refractivity contribution in [2.75, 3.05) is 11.4 Å². The lowest BCUT2D eigenvalue weighted by Crippen LogP contribution is -2.31. The third-order valence-corrected chi connectivity index (χ3v) is 7.74. The van der Waals surface area contributed by atoms with E-state index in [0.29, 0.717) is 21.2 Å². The van der Waals surface area contributed by atoms with Gasteiger partial charge < -0.3 is 4.74 Å². The number of sulfonamides is 1. The van der Waals surface area contributed by atoms with Crippen LogP contribution in [0.15, 0.2) is 45.2 Å². The van der Waals surface area contributed by atoms with E-state index in [1.807, 2.05) is 0 Å². The average molecular weight is 524 g/mol. The van der Waals surface area contributed by atoms with Gasteiger partial charge in [-0.1, -0.05) is 29.0 Å². The van der Waals surface area contributed by atoms with Crippen LogP contribution >= 0.6 is 38.9 Å². The number of hydrogen-bond acceptors (Lipinski definition) is 5. The van der Waals surface area contributed by atoms with E-state index in [2.05, 4.69) is 20.9 Å². The number of ether oxygens (including phenoxy) is 1. The Labute approximate surface area is 184 Å². The standard InChI is InChI=1S/C18H14BrClF2N2O3S2/c1-10-5-12(27-2)4-3-11(10)9-24(18-23-8-17(19)28-18)29(25,26)16-6-13(20)14(21)7-15(16)22/h3-8H,9H2,1-2H3. The van der Waals surface area contributed by atoms with Crippen molar-refractivity contribution >= 4 is 54.0 Å². The maximum absolute atomic E-state index is 14.4. The zero-order chi connectivity index (χ0) is 21.3. The van der Waals surface area contributed by atoms with Gasteiger partial charge in [0.25, 0.3) is 10.0 Å². The molecule has 154 valence electrons. The highest BCUT2D eigenvalue weighted by Crippen LogP contribution is 2.34. The number of nitrogens with zero attached hydrogens (tertiary/aromatic N) is 2. The zero-order valence-electron chi connectivity index (χ0n) is 15.1. The van der Waals surface area contributed by atoms with Crippen molar-refractivity contribution in [3.8, 4) is 5.75 Å². The summed E-state index contributed by atoms with van der Waals surface area (Å²) in [5, 5.41) is -0.377. The lowest BCUT2D eigenvalue weighted by Gasteiger charge is -2.23. The molecule has 5 nitrogen and oxygen atoms in total. The van der Waals surface area contributed by atoms with Crippen molar-refractivity contribution in [1.82, 2.24) is 4.98 Å². The molecule has 0 radical (unpaired) electrons. The van der Waals surface area contributed by atoms with E-state index in [1.165, 1.54) is 13.3 Å². The fourth-order valence-corrected chi connectivity index (χ4v) is 5.66. The van der Waals surface area contributed by atoms with Crippen LogP contribution in [0.2, 0.25) is 5.02 Å². The molecule has 0 saturated carbocycles. The Bertz CT molecular complexity index is 1170. The highest BCUT2D eigenvalue weighted by molar-refractivity contribution is 9.11. The molecule has 1 aromatic heterocycles. The van der Waals surface area contributed by atoms with Gasteiger partial charge in [0.1, 0.15) is 22.3 Å². The Morgan fingerprint density at radius 2 is 1.97 bits per heavy atom. The van der Waals surface area contributed by atoms with Crippen LogP contribution in [0.3, 0.4) is 0 Å². The van der Waals surface area contributed by atoms with Crippen LogP contribution in [-0.2, 0) is 16.6 Å². The molecule has 0 aliphatic heterocycles. The van der Waals surface area contributed by atoms with Crippen molar-refractivity contribution in [1.29, 1.82) is 0 Å². The molecule has 0 saturated heterocycles. The van der Waals surface area contributed by atoms with Crippen LogP contribution in [0, 0.1) is 18.6 Å². The van der Waals surface area contributed by atoms with Crippen molar-refractivity contribution in [3.63, 3.8) is 0 Å². The van der Waals surface area contributed by atoms with Gasteiger partial charge in [-0.05, 0) is 52.2 Å². The quantitative estimate of drug-likeness (QED) is 0.398. The van der Waals surface area contributed by atoms with Gasteiger partial charge in [0.05, 0.1) is 28.7 Å². The second-order valence-electron chi connectivity index (χ2n) is 5.95. The Morgan fingerprint density at radius 1 is 1.24 bits per heavy atom. The maximum atomic E-state index is 14.4. The van der Waals surface area contributed by atoms with Crippen LogP contribution in [0.25, 0.3) is 0 Å². The second kappa shape index (κ2) is 8.55. The SMILES string of the molecule is COc1ccc(CN(c2ncc(Br)s2)S(=O)(=O)c2cc(Cl)c(F)cc2F)c(C)c1. The summed E-state index contributed by atoms with van der Waals surface area (Å²) in [5.41, 5.74) is 1.44. The van der Waals surface area contributed by atoms with E-state index < -0.39 is 31.6 Å². The summed E-state index contributed by atoms with van der Waals surface area (Å²) in [5.74, 6) is -1.66. The number of rotatable bonds is 6. The van der Waals surface area contributed by atoms with Gasteiger partial charge in [-0.15, -0.1) is 0 Å². The summed E-state index contributed by atoms with van der Waals surface area (Å²) < 4.78 is 61.2. The molecule has 1 heterocycles. The number of hydrogen-bond donors (Lipinski definition) is 0. The number of aryl methyl sites for hydroxylation is 1. The molecule has 0 aliphatic carbocycles. The van der Waals surface area contributed by atoms with Gasteiger partial charge in [-0.2, -0.15) is 0 Å². The predicted molar refractivity (Wildman–Crippen MR) is 112 cm³/mol. The first-order valence-electron chi connectivity index (χ1n) is 8.05. The predicted octanol–water partition coefficient (Wildman–Crippen LogP) is 5.55. The minimum Gasteiger partial charge on any atom is -0.497 e. The molecular weight excluding hydrogens is 510 g/mol. The molecule has 2 aromatic carbocycles. The van der Waals surface area contributed by atoms with Gasteiger partial charge >= 0.3 is 0 Å². The molecule has 11 heteroatoms. The molecule has 3 rings (SSSR count). The summed E-state index contributed by atoms with van der Waals surface area (Å²) in [6, 6.07) is 6.38. The molecule has 0 bridgehead atoms. The van der Waals surface area contributed by atoms with Crippen molar-refractivity contribution in [2.24, 2.45) is 0 Å². The Balaban J connectivity index is 2.13. The number of halogens is 4. The van der Waals surface area contributed by atoms with Gasteiger partial charge in [0, 0.05) is 6.07 Å². The number of thiazole rings is 1. The topological polar surface area (TPSA) is 59.5 Å². The normalized spacial score (nSPS) is 11.5. The lowest BCUT2D eigenvalue weighted by atomic mass is 10.1. The summed E-state index contributed by atoms with van der Waals surface area (Å²) in [7, 11) is -2.91. The van der Waals surface area contributed by atoms with E-state index in [0.717, 1.165) is 27.3 Å². The third-order valence-electron chi connectivity index (χ3n) is 4.09. The van der Waals surface area contributed by atoms with E-state index in [4.69, 9.17) is 16.3 Å². The summed E-state index contributed by atoms with van der Waals surface area (Å²) >= 11 is 10.0. The first kappa shape index (κ1) is 21.9. The average Bonchev–Trinajstić information content (AvgIpc) is 3.09. The minimum atomic E-state index is -4.44. The molecule has 3 aromatic rings. The molecule has 0 fully saturated rings. The monoisotopic (exact) mass is 522 g/mol. The zero-order valence-corrected chi connectivity index (χ0v) is 19.1. The van der Waals surface area contributed by atoms with Gasteiger partial charge in [0.15, 0.2) is 0 Å². The lowest BCUT2D eigenvalue weighted by molar-refractivity contribution is 0.414.